The van der Waals surface area contributed by atoms with Gasteiger partial charge in [0.25, 0.3) is 10.2 Å². The summed E-state index contributed by atoms with van der Waals surface area (Å²) in [6, 6.07) is 17.7. The quantitative estimate of drug-likeness (QED) is 0.423. The van der Waals surface area contributed by atoms with E-state index in [1.165, 1.54) is 0 Å². The molecule has 0 amide bonds. The van der Waals surface area contributed by atoms with Gasteiger partial charge in [0.05, 0.1) is 18.5 Å². The summed E-state index contributed by atoms with van der Waals surface area (Å²) in [5.41, 5.74) is 3.66. The minimum absolute atomic E-state index is 0.278. The van der Waals surface area contributed by atoms with E-state index in [1.807, 2.05) is 54.6 Å². The summed E-state index contributed by atoms with van der Waals surface area (Å²) < 4.78 is 35.4. The van der Waals surface area contributed by atoms with Crippen LogP contribution in [0.3, 0.4) is 0 Å². The lowest BCUT2D eigenvalue weighted by Crippen LogP contribution is -2.52. The molecule has 188 valence electrons. The van der Waals surface area contributed by atoms with E-state index >= 15 is 0 Å². The fourth-order valence-electron chi connectivity index (χ4n) is 4.28. The summed E-state index contributed by atoms with van der Waals surface area (Å²) in [5, 5.41) is 0. The highest BCUT2D eigenvalue weighted by molar-refractivity contribution is 7.87. The molecule has 0 saturated carbocycles. The third-order valence-electron chi connectivity index (χ3n) is 6.35. The van der Waals surface area contributed by atoms with Crippen LogP contribution < -0.4 is 9.46 Å². The molecule has 1 aromatic heterocycles. The van der Waals surface area contributed by atoms with Crippen LogP contribution in [0.4, 0.5) is 0 Å². The highest BCUT2D eigenvalue weighted by atomic mass is 32.2. The smallest absolute Gasteiger partial charge is 0.279 e. The molecule has 0 spiro atoms. The molecule has 0 atom stereocenters. The monoisotopic (exact) mass is 497 g/mol. The maximum absolute atomic E-state index is 12.9. The minimum atomic E-state index is -3.53. The first-order valence-electron chi connectivity index (χ1n) is 12.3. The minimum Gasteiger partial charge on any atom is -0.497 e. The van der Waals surface area contributed by atoms with Crippen molar-refractivity contribution in [1.29, 1.82) is 0 Å². The number of aromatic amines is 1. The molecule has 0 unspecified atom stereocenters. The molecule has 3 aromatic rings. The van der Waals surface area contributed by atoms with E-state index < -0.39 is 10.2 Å². The predicted octanol–water partition coefficient (Wildman–Crippen LogP) is 3.55. The van der Waals surface area contributed by atoms with E-state index in [-0.39, 0.29) is 6.54 Å². The summed E-state index contributed by atoms with van der Waals surface area (Å²) in [4.78, 5) is 10.6. The van der Waals surface area contributed by atoms with Crippen molar-refractivity contribution < 1.29 is 13.2 Å². The van der Waals surface area contributed by atoms with Gasteiger partial charge in [0.2, 0.25) is 0 Å². The first-order valence-corrected chi connectivity index (χ1v) is 13.7. The largest absolute Gasteiger partial charge is 0.497 e. The van der Waals surface area contributed by atoms with Crippen molar-refractivity contribution in [1.82, 2.24) is 23.9 Å². The van der Waals surface area contributed by atoms with Crippen molar-refractivity contribution in [2.24, 2.45) is 0 Å². The lowest BCUT2D eigenvalue weighted by atomic mass is 10.1. The lowest BCUT2D eigenvalue weighted by Gasteiger charge is -2.33. The van der Waals surface area contributed by atoms with Gasteiger partial charge < -0.3 is 14.6 Å². The summed E-state index contributed by atoms with van der Waals surface area (Å²) in [5.74, 6) is 1.54. The van der Waals surface area contributed by atoms with Crippen LogP contribution in [-0.4, -0.2) is 74.0 Å². The van der Waals surface area contributed by atoms with Gasteiger partial charge >= 0.3 is 0 Å². The third-order valence-corrected chi connectivity index (χ3v) is 7.96. The maximum Gasteiger partial charge on any atom is 0.279 e. The van der Waals surface area contributed by atoms with Crippen LogP contribution in [0.15, 0.2) is 54.6 Å². The molecular weight excluding hydrogens is 462 g/mol. The molecule has 1 aliphatic heterocycles. The average Bonchev–Trinajstić information content (AvgIpc) is 3.32. The van der Waals surface area contributed by atoms with Gasteiger partial charge in [-0.15, -0.1) is 0 Å². The third kappa shape index (κ3) is 6.49. The van der Waals surface area contributed by atoms with Crippen LogP contribution in [-0.2, 0) is 16.6 Å². The number of ether oxygens (including phenoxy) is 1. The molecule has 1 aliphatic rings. The Morgan fingerprint density at radius 2 is 1.71 bits per heavy atom. The van der Waals surface area contributed by atoms with Crippen molar-refractivity contribution >= 4 is 10.2 Å². The number of benzene rings is 2. The Balaban J connectivity index is 1.44. The van der Waals surface area contributed by atoms with Crippen molar-refractivity contribution in [2.75, 3.05) is 46.4 Å². The van der Waals surface area contributed by atoms with Crippen molar-refractivity contribution in [3.63, 3.8) is 0 Å². The molecule has 0 radical (unpaired) electrons. The number of hydrogen-bond acceptors (Lipinski definition) is 5. The Labute approximate surface area is 208 Å². The van der Waals surface area contributed by atoms with Gasteiger partial charge in [-0.3, -0.25) is 0 Å². The van der Waals surface area contributed by atoms with Gasteiger partial charge in [-0.25, -0.2) is 9.71 Å². The molecule has 0 aliphatic carbocycles. The topological polar surface area (TPSA) is 90.6 Å². The first-order chi connectivity index (χ1) is 17.0. The highest BCUT2D eigenvalue weighted by Gasteiger charge is 2.26. The second kappa shape index (κ2) is 11.8. The molecule has 8 nitrogen and oxygen atoms in total. The number of aromatic nitrogens is 2. The number of nitrogens with one attached hydrogen (secondary N) is 2. The number of piperazine rings is 1. The molecule has 35 heavy (non-hydrogen) atoms. The summed E-state index contributed by atoms with van der Waals surface area (Å²) in [6.07, 6.45) is 2.77. The molecule has 4 rings (SSSR count). The van der Waals surface area contributed by atoms with E-state index in [4.69, 9.17) is 9.72 Å². The van der Waals surface area contributed by atoms with Crippen LogP contribution in [0, 0.1) is 0 Å². The fourth-order valence-corrected chi connectivity index (χ4v) is 5.47. The van der Waals surface area contributed by atoms with Crippen LogP contribution >= 0.6 is 0 Å². The second-order valence-electron chi connectivity index (χ2n) is 8.75. The number of imidazole rings is 1. The maximum atomic E-state index is 12.9. The zero-order chi connectivity index (χ0) is 24.7. The Morgan fingerprint density at radius 1 is 1.00 bits per heavy atom. The van der Waals surface area contributed by atoms with Gasteiger partial charge in [0.15, 0.2) is 0 Å². The number of H-pyrrole nitrogens is 1. The van der Waals surface area contributed by atoms with Crippen molar-refractivity contribution in [3.8, 4) is 28.4 Å². The van der Waals surface area contributed by atoms with Crippen LogP contribution in [0.1, 0.15) is 25.5 Å². The Kier molecular flexibility index (Phi) is 8.56. The standard InChI is InChI=1S/C26H35N5O3S/c1-3-4-16-30-17-19-31(20-18-30)35(32,33)27-15-14-24-25(21-10-12-23(34-2)13-11-21)29-26(28-24)22-8-6-5-7-9-22/h5-13,27H,3-4,14-20H2,1-2H3,(H,28,29). The number of nitrogens with zero attached hydrogens (tertiary/aromatic N) is 3. The van der Waals surface area contributed by atoms with E-state index in [1.54, 1.807) is 11.4 Å². The SMILES string of the molecule is CCCCN1CCN(S(=O)(=O)NCCc2nc(-c3ccccc3)[nH]c2-c2ccc(OC)cc2)CC1. The second-order valence-corrected chi connectivity index (χ2v) is 10.5. The first kappa shape index (κ1) is 25.4. The predicted molar refractivity (Wildman–Crippen MR) is 140 cm³/mol. The Hall–Kier alpha value is -2.72. The number of rotatable bonds is 11. The molecule has 1 saturated heterocycles. The van der Waals surface area contributed by atoms with Crippen LogP contribution in [0.5, 0.6) is 5.75 Å². The number of hydrogen-bond donors (Lipinski definition) is 2. The lowest BCUT2D eigenvalue weighted by molar-refractivity contribution is 0.185. The molecule has 2 N–H and O–H groups in total. The Bertz CT molecular complexity index is 1170. The molecule has 9 heteroatoms. The normalized spacial score (nSPS) is 15.4. The van der Waals surface area contributed by atoms with Gasteiger partial charge in [-0.05, 0) is 37.2 Å². The molecule has 1 fully saturated rings. The zero-order valence-corrected chi connectivity index (χ0v) is 21.4. The Morgan fingerprint density at radius 3 is 2.37 bits per heavy atom. The van der Waals surface area contributed by atoms with Crippen molar-refractivity contribution in [3.05, 3.63) is 60.3 Å². The number of methoxy groups -OCH3 is 1. The van der Waals surface area contributed by atoms with E-state index in [0.29, 0.717) is 19.5 Å². The van der Waals surface area contributed by atoms with Gasteiger partial charge in [-0.2, -0.15) is 12.7 Å². The molecular formula is C26H35N5O3S. The van der Waals surface area contributed by atoms with Gasteiger partial charge in [0, 0.05) is 50.3 Å². The van der Waals surface area contributed by atoms with Gasteiger partial charge in [0.1, 0.15) is 11.6 Å². The van der Waals surface area contributed by atoms with Gasteiger partial charge in [-0.1, -0.05) is 43.7 Å². The van der Waals surface area contributed by atoms with E-state index in [2.05, 4.69) is 21.5 Å². The van der Waals surface area contributed by atoms with Crippen LogP contribution in [0.25, 0.3) is 22.6 Å². The molecule has 0 bridgehead atoms. The van der Waals surface area contributed by atoms with E-state index in [9.17, 15) is 8.42 Å². The molecule has 2 aromatic carbocycles. The summed E-state index contributed by atoms with van der Waals surface area (Å²) in [7, 11) is -1.89. The van der Waals surface area contributed by atoms with Crippen molar-refractivity contribution in [2.45, 2.75) is 26.2 Å². The summed E-state index contributed by atoms with van der Waals surface area (Å²) >= 11 is 0. The zero-order valence-electron chi connectivity index (χ0n) is 20.5. The van der Waals surface area contributed by atoms with Crippen LogP contribution in [0.2, 0.25) is 0 Å². The molecule has 2 heterocycles. The average molecular weight is 498 g/mol. The highest BCUT2D eigenvalue weighted by Crippen LogP contribution is 2.28. The summed E-state index contributed by atoms with van der Waals surface area (Å²) in [6.45, 7) is 6.10. The van der Waals surface area contributed by atoms with E-state index in [0.717, 1.165) is 66.6 Å². The number of unbranched alkanes of at least 4 members (excludes halogenated alkanes) is 1. The fraction of sp³-hybridized carbons (Fsp3) is 0.423.